The van der Waals surface area contributed by atoms with Gasteiger partial charge in [-0.3, -0.25) is 0 Å². The molecule has 3 fully saturated rings. The normalized spacial score (nSPS) is 38.7. The first-order chi connectivity index (χ1) is 9.90. The molecular weight excluding hydrogens is 268 g/mol. The lowest BCUT2D eigenvalue weighted by Gasteiger charge is -2.29. The number of fused-ring (bicyclic) bond motifs is 2. The summed E-state index contributed by atoms with van der Waals surface area (Å²) >= 11 is 0. The van der Waals surface area contributed by atoms with E-state index in [4.69, 9.17) is 9.47 Å². The lowest BCUT2D eigenvalue weighted by molar-refractivity contribution is 0.0495. The highest BCUT2D eigenvalue weighted by atomic mass is 16.6. The molecule has 1 aliphatic carbocycles. The van der Waals surface area contributed by atoms with Gasteiger partial charge in [0, 0.05) is 18.1 Å². The van der Waals surface area contributed by atoms with Crippen LogP contribution in [-0.2, 0) is 9.47 Å². The van der Waals surface area contributed by atoms with Gasteiger partial charge in [0.2, 0.25) is 0 Å². The maximum absolute atomic E-state index is 11.9. The maximum Gasteiger partial charge on any atom is 0.407 e. The van der Waals surface area contributed by atoms with Gasteiger partial charge in [0.15, 0.2) is 0 Å². The van der Waals surface area contributed by atoms with Crippen LogP contribution in [0.25, 0.3) is 0 Å². The number of nitrogens with one attached hydrogen (secondary N) is 2. The van der Waals surface area contributed by atoms with Crippen LogP contribution in [-0.4, -0.2) is 42.0 Å². The van der Waals surface area contributed by atoms with Gasteiger partial charge in [-0.1, -0.05) is 0 Å². The lowest BCUT2D eigenvalue weighted by atomic mass is 9.94. The zero-order valence-electron chi connectivity index (χ0n) is 13.4. The van der Waals surface area contributed by atoms with Crippen molar-refractivity contribution in [3.8, 4) is 0 Å². The summed E-state index contributed by atoms with van der Waals surface area (Å²) in [7, 11) is 0. The third-order valence-electron chi connectivity index (χ3n) is 4.75. The van der Waals surface area contributed by atoms with Crippen molar-refractivity contribution in [3.05, 3.63) is 0 Å². The molecule has 0 aromatic carbocycles. The summed E-state index contributed by atoms with van der Waals surface area (Å²) in [6, 6.07) is 0.999. The van der Waals surface area contributed by atoms with Crippen LogP contribution in [0.5, 0.6) is 0 Å². The molecule has 5 nitrogen and oxygen atoms in total. The van der Waals surface area contributed by atoms with Gasteiger partial charge in [0.1, 0.15) is 5.60 Å². The molecule has 0 radical (unpaired) electrons. The van der Waals surface area contributed by atoms with Crippen molar-refractivity contribution in [3.63, 3.8) is 0 Å². The quantitative estimate of drug-likeness (QED) is 0.839. The zero-order chi connectivity index (χ0) is 15.0. The smallest absolute Gasteiger partial charge is 0.407 e. The molecule has 2 N–H and O–H groups in total. The van der Waals surface area contributed by atoms with E-state index in [1.807, 2.05) is 20.8 Å². The molecule has 3 aliphatic rings. The molecule has 5 heteroatoms. The highest BCUT2D eigenvalue weighted by Crippen LogP contribution is 2.35. The summed E-state index contributed by atoms with van der Waals surface area (Å²) in [5.74, 6) is 0. The van der Waals surface area contributed by atoms with Gasteiger partial charge >= 0.3 is 6.09 Å². The van der Waals surface area contributed by atoms with Crippen molar-refractivity contribution in [2.75, 3.05) is 0 Å². The van der Waals surface area contributed by atoms with E-state index >= 15 is 0 Å². The second-order valence-electron chi connectivity index (χ2n) is 7.67. The molecule has 2 bridgehead atoms. The fraction of sp³-hybridized carbons (Fsp3) is 0.938. The van der Waals surface area contributed by atoms with E-state index in [1.165, 1.54) is 12.8 Å². The number of amides is 1. The molecule has 1 amide bonds. The van der Waals surface area contributed by atoms with Crippen LogP contribution in [0.2, 0.25) is 0 Å². The van der Waals surface area contributed by atoms with Crippen molar-refractivity contribution in [2.24, 2.45) is 0 Å². The van der Waals surface area contributed by atoms with Crippen molar-refractivity contribution in [1.29, 1.82) is 0 Å². The van der Waals surface area contributed by atoms with E-state index in [2.05, 4.69) is 10.6 Å². The van der Waals surface area contributed by atoms with Gasteiger partial charge < -0.3 is 20.1 Å². The molecular formula is C16H28N2O3. The van der Waals surface area contributed by atoms with E-state index in [1.54, 1.807) is 0 Å². The van der Waals surface area contributed by atoms with Crippen LogP contribution >= 0.6 is 0 Å². The molecule has 21 heavy (non-hydrogen) atoms. The molecule has 0 unspecified atom stereocenters. The SMILES string of the molecule is CC(C)(C)OC(=O)N[C@@H]1CCC[C@H]1N[C@H]1C[C@H]2CC[C@H]1O2. The van der Waals surface area contributed by atoms with E-state index in [9.17, 15) is 4.79 Å². The van der Waals surface area contributed by atoms with Crippen molar-refractivity contribution >= 4 is 6.09 Å². The van der Waals surface area contributed by atoms with Crippen molar-refractivity contribution in [2.45, 2.75) is 95.2 Å². The fourth-order valence-electron chi connectivity index (χ4n) is 3.88. The molecule has 0 aromatic heterocycles. The highest BCUT2D eigenvalue weighted by Gasteiger charge is 2.43. The molecule has 0 aromatic rings. The molecule has 2 aliphatic heterocycles. The molecule has 0 spiro atoms. The van der Waals surface area contributed by atoms with Gasteiger partial charge in [0.05, 0.1) is 12.2 Å². The molecule has 2 saturated heterocycles. The lowest BCUT2D eigenvalue weighted by Crippen LogP contribution is -2.52. The predicted octanol–water partition coefficient (Wildman–Crippen LogP) is 2.34. The third-order valence-corrected chi connectivity index (χ3v) is 4.75. The number of hydrogen-bond acceptors (Lipinski definition) is 4. The summed E-state index contributed by atoms with van der Waals surface area (Å²) in [6.45, 7) is 5.68. The van der Waals surface area contributed by atoms with Gasteiger partial charge in [0.25, 0.3) is 0 Å². The first kappa shape index (κ1) is 15.1. The summed E-state index contributed by atoms with van der Waals surface area (Å²) in [6.07, 6.45) is 7.37. The number of ether oxygens (including phenoxy) is 2. The Bertz CT molecular complexity index is 393. The molecule has 5 atom stereocenters. The van der Waals surface area contributed by atoms with Gasteiger partial charge in [-0.25, -0.2) is 4.79 Å². The number of carbonyl (C=O) groups excluding carboxylic acids is 1. The van der Waals surface area contributed by atoms with Crippen LogP contribution in [0, 0.1) is 0 Å². The monoisotopic (exact) mass is 296 g/mol. The Morgan fingerprint density at radius 2 is 1.86 bits per heavy atom. The van der Waals surface area contributed by atoms with Crippen molar-refractivity contribution < 1.29 is 14.3 Å². The van der Waals surface area contributed by atoms with E-state index in [-0.39, 0.29) is 12.1 Å². The van der Waals surface area contributed by atoms with Crippen molar-refractivity contribution in [1.82, 2.24) is 10.6 Å². The van der Waals surface area contributed by atoms with E-state index in [0.29, 0.717) is 24.3 Å². The maximum atomic E-state index is 11.9. The highest BCUT2D eigenvalue weighted by molar-refractivity contribution is 5.68. The van der Waals surface area contributed by atoms with Gasteiger partial charge in [-0.2, -0.15) is 0 Å². The predicted molar refractivity (Wildman–Crippen MR) is 80.2 cm³/mol. The zero-order valence-corrected chi connectivity index (χ0v) is 13.4. The average molecular weight is 296 g/mol. The number of rotatable bonds is 3. The van der Waals surface area contributed by atoms with Gasteiger partial charge in [-0.15, -0.1) is 0 Å². The average Bonchev–Trinajstić information content (AvgIpc) is 3.04. The number of hydrogen-bond donors (Lipinski definition) is 2. The minimum atomic E-state index is -0.440. The molecule has 2 heterocycles. The third kappa shape index (κ3) is 3.69. The van der Waals surface area contributed by atoms with Crippen LogP contribution in [0.3, 0.4) is 0 Å². The topological polar surface area (TPSA) is 59.6 Å². The first-order valence-electron chi connectivity index (χ1n) is 8.32. The Hall–Kier alpha value is -0.810. The second kappa shape index (κ2) is 5.76. The molecule has 120 valence electrons. The Morgan fingerprint density at radius 3 is 2.48 bits per heavy atom. The standard InChI is InChI=1S/C16H28N2O3/c1-16(2,3)21-15(19)18-12-6-4-5-11(12)17-13-9-10-7-8-14(13)20-10/h10-14,17H,4-9H2,1-3H3,(H,18,19)/t10-,11-,12-,13+,14-/m1/s1. The second-order valence-corrected chi connectivity index (χ2v) is 7.67. The summed E-state index contributed by atoms with van der Waals surface area (Å²) < 4.78 is 11.3. The van der Waals surface area contributed by atoms with Gasteiger partial charge in [-0.05, 0) is 59.3 Å². The minimum Gasteiger partial charge on any atom is -0.444 e. The number of carbonyl (C=O) groups is 1. The van der Waals surface area contributed by atoms with E-state index < -0.39 is 5.60 Å². The summed E-state index contributed by atoms with van der Waals surface area (Å²) in [4.78, 5) is 11.9. The fourth-order valence-corrected chi connectivity index (χ4v) is 3.88. The van der Waals surface area contributed by atoms with Crippen LogP contribution in [0.15, 0.2) is 0 Å². The van der Waals surface area contributed by atoms with Crippen LogP contribution < -0.4 is 10.6 Å². The Morgan fingerprint density at radius 1 is 1.10 bits per heavy atom. The molecule has 1 saturated carbocycles. The molecule has 3 rings (SSSR count). The van der Waals surface area contributed by atoms with E-state index in [0.717, 1.165) is 25.7 Å². The largest absolute Gasteiger partial charge is 0.444 e. The van der Waals surface area contributed by atoms with Crippen LogP contribution in [0.4, 0.5) is 4.79 Å². The Labute approximate surface area is 127 Å². The summed E-state index contributed by atoms with van der Waals surface area (Å²) in [5, 5.41) is 6.77. The van der Waals surface area contributed by atoms with Crippen LogP contribution in [0.1, 0.15) is 59.3 Å². The number of alkyl carbamates (subject to hydrolysis) is 1. The Kier molecular flexibility index (Phi) is 4.14. The Balaban J connectivity index is 1.50. The summed E-state index contributed by atoms with van der Waals surface area (Å²) in [5.41, 5.74) is -0.440. The first-order valence-corrected chi connectivity index (χ1v) is 8.32. The minimum absolute atomic E-state index is 0.180.